The van der Waals surface area contributed by atoms with Crippen LogP contribution in [0.2, 0.25) is 10.0 Å². The molecule has 0 saturated heterocycles. The van der Waals surface area contributed by atoms with Gasteiger partial charge in [0.1, 0.15) is 0 Å². The maximum absolute atomic E-state index is 13.7. The van der Waals surface area contributed by atoms with Crippen LogP contribution in [0.3, 0.4) is 0 Å². The average molecular weight is 501 g/mol. The molecular weight excluding hydrogens is 479 g/mol. The number of benzene rings is 4. The Morgan fingerprint density at radius 2 is 1.46 bits per heavy atom. The van der Waals surface area contributed by atoms with E-state index in [0.717, 1.165) is 23.2 Å². The van der Waals surface area contributed by atoms with E-state index in [2.05, 4.69) is 18.2 Å². The summed E-state index contributed by atoms with van der Waals surface area (Å²) in [6.07, 6.45) is 0.786. The third-order valence-corrected chi connectivity index (χ3v) is 6.89. The molecule has 174 valence electrons. The van der Waals surface area contributed by atoms with Crippen molar-refractivity contribution < 1.29 is 9.59 Å². The van der Waals surface area contributed by atoms with Crippen LogP contribution in [0.4, 0.5) is 11.4 Å². The average Bonchev–Trinajstić information content (AvgIpc) is 3.05. The molecule has 0 aliphatic carbocycles. The maximum atomic E-state index is 13.7. The quantitative estimate of drug-likeness (QED) is 0.303. The fourth-order valence-corrected chi connectivity index (χ4v) is 4.76. The number of nitrogens with zero attached hydrogens (tertiary/aromatic N) is 2. The van der Waals surface area contributed by atoms with Gasteiger partial charge < -0.3 is 9.80 Å². The summed E-state index contributed by atoms with van der Waals surface area (Å²) in [4.78, 5) is 30.0. The second-order valence-corrected chi connectivity index (χ2v) is 9.34. The smallest absolute Gasteiger partial charge is 0.259 e. The summed E-state index contributed by atoms with van der Waals surface area (Å²) in [5, 5.41) is 0.768. The van der Waals surface area contributed by atoms with Crippen molar-refractivity contribution >= 4 is 46.4 Å². The summed E-state index contributed by atoms with van der Waals surface area (Å²) in [5.74, 6) is -0.373. The van der Waals surface area contributed by atoms with Crippen molar-refractivity contribution in [2.75, 3.05) is 16.8 Å². The number of fused-ring (bicyclic) bond motifs is 2. The normalized spacial score (nSPS) is 12.4. The summed E-state index contributed by atoms with van der Waals surface area (Å²) in [6.45, 7) is 0.499. The molecule has 0 fully saturated rings. The van der Waals surface area contributed by atoms with Crippen LogP contribution < -0.4 is 9.80 Å². The van der Waals surface area contributed by atoms with E-state index in [1.165, 1.54) is 10.5 Å². The monoisotopic (exact) mass is 500 g/mol. The van der Waals surface area contributed by atoms with Gasteiger partial charge in [0.25, 0.3) is 11.8 Å². The zero-order valence-electron chi connectivity index (χ0n) is 19.0. The minimum absolute atomic E-state index is 0.0902. The van der Waals surface area contributed by atoms with E-state index in [0.29, 0.717) is 33.4 Å². The van der Waals surface area contributed by atoms with Gasteiger partial charge in [-0.15, -0.1) is 0 Å². The number of carbonyl (C=O) groups excluding carboxylic acids is 2. The Balaban J connectivity index is 1.43. The highest BCUT2D eigenvalue weighted by atomic mass is 35.5. The van der Waals surface area contributed by atoms with Gasteiger partial charge in [-0.3, -0.25) is 9.59 Å². The number of hydrogen-bond acceptors (Lipinski definition) is 2. The lowest BCUT2D eigenvalue weighted by molar-refractivity contribution is 0.0981. The van der Waals surface area contributed by atoms with Gasteiger partial charge >= 0.3 is 0 Å². The van der Waals surface area contributed by atoms with Crippen molar-refractivity contribution in [3.8, 4) is 0 Å². The summed E-state index contributed by atoms with van der Waals surface area (Å²) in [7, 11) is 1.67. The number of amides is 2. The molecule has 4 aromatic rings. The van der Waals surface area contributed by atoms with E-state index < -0.39 is 0 Å². The Hall–Kier alpha value is -3.60. The standard InChI is InChI=1S/C29H22Cl2N2O2/c1-32(29(35)25-17-23(30)12-15-26(25)31)24-13-10-19(11-14-24)28(34)33-18-22-8-3-2-6-20(22)16-21-7-4-5-9-27(21)33/h2-15,17H,16,18H2,1H3. The predicted molar refractivity (Wildman–Crippen MR) is 142 cm³/mol. The zero-order chi connectivity index (χ0) is 24.5. The van der Waals surface area contributed by atoms with Crippen molar-refractivity contribution in [2.24, 2.45) is 0 Å². The van der Waals surface area contributed by atoms with Gasteiger partial charge in [0, 0.05) is 29.0 Å². The molecule has 2 amide bonds. The highest BCUT2D eigenvalue weighted by Gasteiger charge is 2.25. The molecule has 4 nitrogen and oxygen atoms in total. The Bertz CT molecular complexity index is 1430. The molecule has 0 unspecified atom stereocenters. The number of hydrogen-bond donors (Lipinski definition) is 0. The molecule has 1 heterocycles. The molecule has 0 radical (unpaired) electrons. The molecule has 0 atom stereocenters. The minimum Gasteiger partial charge on any atom is -0.311 e. The maximum Gasteiger partial charge on any atom is 0.259 e. The van der Waals surface area contributed by atoms with E-state index in [4.69, 9.17) is 23.2 Å². The van der Waals surface area contributed by atoms with Crippen LogP contribution in [0, 0.1) is 0 Å². The predicted octanol–water partition coefficient (Wildman–Crippen LogP) is 7.02. The van der Waals surface area contributed by atoms with E-state index >= 15 is 0 Å². The van der Waals surface area contributed by atoms with Gasteiger partial charge in [0.2, 0.25) is 0 Å². The first kappa shape index (κ1) is 23.2. The molecule has 6 heteroatoms. The van der Waals surface area contributed by atoms with E-state index in [1.807, 2.05) is 35.2 Å². The first-order valence-electron chi connectivity index (χ1n) is 11.2. The molecule has 1 aliphatic rings. The molecule has 5 rings (SSSR count). The van der Waals surface area contributed by atoms with Crippen molar-refractivity contribution in [3.63, 3.8) is 0 Å². The Labute approximate surface area is 214 Å². The Morgan fingerprint density at radius 3 is 2.20 bits per heavy atom. The fraction of sp³-hybridized carbons (Fsp3) is 0.103. The third kappa shape index (κ3) is 4.55. The summed E-state index contributed by atoms with van der Waals surface area (Å²) < 4.78 is 0. The Kier molecular flexibility index (Phi) is 6.33. The van der Waals surface area contributed by atoms with Gasteiger partial charge in [-0.05, 0) is 71.6 Å². The first-order chi connectivity index (χ1) is 16.9. The zero-order valence-corrected chi connectivity index (χ0v) is 20.6. The number of anilines is 2. The molecule has 1 aliphatic heterocycles. The molecule has 0 bridgehead atoms. The molecular formula is C29H22Cl2N2O2. The molecule has 35 heavy (non-hydrogen) atoms. The largest absolute Gasteiger partial charge is 0.311 e. The fourth-order valence-electron chi connectivity index (χ4n) is 4.39. The first-order valence-corrected chi connectivity index (χ1v) is 12.0. The van der Waals surface area contributed by atoms with Gasteiger partial charge in [-0.25, -0.2) is 0 Å². The molecule has 0 N–H and O–H groups in total. The number of rotatable bonds is 3. The molecule has 0 aromatic heterocycles. The van der Waals surface area contributed by atoms with Gasteiger partial charge in [-0.1, -0.05) is 65.7 Å². The van der Waals surface area contributed by atoms with Crippen molar-refractivity contribution in [1.82, 2.24) is 0 Å². The van der Waals surface area contributed by atoms with Crippen molar-refractivity contribution in [2.45, 2.75) is 13.0 Å². The summed E-state index contributed by atoms with van der Waals surface area (Å²) >= 11 is 12.3. The number of carbonyl (C=O) groups is 2. The molecule has 0 spiro atoms. The van der Waals surface area contributed by atoms with Gasteiger partial charge in [0.05, 0.1) is 17.1 Å². The molecule has 4 aromatic carbocycles. The van der Waals surface area contributed by atoms with Crippen LogP contribution in [0.25, 0.3) is 0 Å². The third-order valence-electron chi connectivity index (χ3n) is 6.32. The van der Waals surface area contributed by atoms with E-state index in [9.17, 15) is 9.59 Å². The van der Waals surface area contributed by atoms with Crippen LogP contribution in [0.1, 0.15) is 37.4 Å². The van der Waals surface area contributed by atoms with Crippen LogP contribution >= 0.6 is 23.2 Å². The van der Waals surface area contributed by atoms with Crippen LogP contribution in [-0.2, 0) is 13.0 Å². The van der Waals surface area contributed by atoms with Gasteiger partial charge in [-0.2, -0.15) is 0 Å². The highest BCUT2D eigenvalue weighted by Crippen LogP contribution is 2.32. The second-order valence-electron chi connectivity index (χ2n) is 8.50. The topological polar surface area (TPSA) is 40.6 Å². The van der Waals surface area contributed by atoms with Gasteiger partial charge in [0.15, 0.2) is 0 Å². The number of halogens is 2. The lowest BCUT2D eigenvalue weighted by atomic mass is 10.0. The van der Waals surface area contributed by atoms with Crippen LogP contribution in [0.15, 0.2) is 91.0 Å². The van der Waals surface area contributed by atoms with Crippen LogP contribution in [0.5, 0.6) is 0 Å². The lowest BCUT2D eigenvalue weighted by Gasteiger charge is -2.24. The van der Waals surface area contributed by atoms with E-state index in [1.54, 1.807) is 49.5 Å². The Morgan fingerprint density at radius 1 is 0.800 bits per heavy atom. The number of para-hydroxylation sites is 1. The van der Waals surface area contributed by atoms with E-state index in [-0.39, 0.29) is 11.8 Å². The summed E-state index contributed by atoms with van der Waals surface area (Å²) in [6, 6.07) is 28.1. The lowest BCUT2D eigenvalue weighted by Crippen LogP contribution is -2.30. The second kappa shape index (κ2) is 9.57. The van der Waals surface area contributed by atoms with Crippen LogP contribution in [-0.4, -0.2) is 18.9 Å². The summed E-state index contributed by atoms with van der Waals surface area (Å²) in [5.41, 5.74) is 5.91. The highest BCUT2D eigenvalue weighted by molar-refractivity contribution is 6.36. The van der Waals surface area contributed by atoms with Crippen molar-refractivity contribution in [3.05, 3.63) is 129 Å². The minimum atomic E-state index is -0.283. The molecule has 0 saturated carbocycles. The SMILES string of the molecule is CN(C(=O)c1cc(Cl)ccc1Cl)c1ccc(C(=O)N2Cc3ccccc3Cc3ccccc32)cc1. The van der Waals surface area contributed by atoms with Crippen molar-refractivity contribution in [1.29, 1.82) is 0 Å².